The number of hydrogen-bond donors (Lipinski definition) is 0. The summed E-state index contributed by atoms with van der Waals surface area (Å²) < 4.78 is 1.17. The predicted octanol–water partition coefficient (Wildman–Crippen LogP) is 4.83. The normalized spacial score (nSPS) is 30.6. The highest BCUT2D eigenvalue weighted by atomic mass is 35.5. The van der Waals surface area contributed by atoms with Crippen LogP contribution in [-0.4, -0.2) is 43.0 Å². The molecule has 6 heteroatoms. The molecule has 152 valence electrons. The van der Waals surface area contributed by atoms with E-state index in [-0.39, 0.29) is 17.8 Å². The second-order valence-electron chi connectivity index (χ2n) is 9.42. The lowest BCUT2D eigenvalue weighted by Crippen LogP contribution is -2.55. The van der Waals surface area contributed by atoms with Gasteiger partial charge in [0.25, 0.3) is 0 Å². The smallest absolute Gasteiger partial charge is 0.235 e. The van der Waals surface area contributed by atoms with Crippen LogP contribution in [-0.2, 0) is 4.79 Å². The summed E-state index contributed by atoms with van der Waals surface area (Å²) in [7, 11) is 4.15. The summed E-state index contributed by atoms with van der Waals surface area (Å²) in [6.45, 7) is 1.60. The lowest BCUT2D eigenvalue weighted by Gasteiger charge is -2.56. The van der Waals surface area contributed by atoms with Gasteiger partial charge >= 0.3 is 0 Å². The van der Waals surface area contributed by atoms with E-state index in [0.29, 0.717) is 5.91 Å². The molecule has 0 saturated heterocycles. The van der Waals surface area contributed by atoms with E-state index in [2.05, 4.69) is 37.2 Å². The lowest BCUT2D eigenvalue weighted by atomic mass is 9.49. The van der Waals surface area contributed by atoms with Crippen molar-refractivity contribution in [3.63, 3.8) is 0 Å². The zero-order valence-corrected chi connectivity index (χ0v) is 18.4. The van der Waals surface area contributed by atoms with Crippen LogP contribution in [0.2, 0.25) is 0 Å². The van der Waals surface area contributed by atoms with Crippen LogP contribution < -0.4 is 4.90 Å². The quantitative estimate of drug-likeness (QED) is 0.696. The number of para-hydroxylation sites is 1. The van der Waals surface area contributed by atoms with Crippen LogP contribution in [0.5, 0.6) is 0 Å². The van der Waals surface area contributed by atoms with Gasteiger partial charge in [0.15, 0.2) is 5.13 Å². The maximum absolute atomic E-state index is 14.0. The number of aromatic nitrogens is 1. The fourth-order valence-corrected chi connectivity index (χ4v) is 7.21. The zero-order chi connectivity index (χ0) is 18.6. The number of benzene rings is 1. The highest BCUT2D eigenvalue weighted by Gasteiger charge is 2.55. The summed E-state index contributed by atoms with van der Waals surface area (Å²) in [4.78, 5) is 23.0. The van der Waals surface area contributed by atoms with Crippen LogP contribution in [0.25, 0.3) is 10.2 Å². The molecular weight excluding hydrogens is 390 g/mol. The third-order valence-electron chi connectivity index (χ3n) is 7.02. The van der Waals surface area contributed by atoms with E-state index in [4.69, 9.17) is 4.98 Å². The molecule has 0 aliphatic heterocycles. The molecule has 4 aliphatic carbocycles. The second kappa shape index (κ2) is 7.58. The number of anilines is 1. The fraction of sp³-hybridized carbons (Fsp3) is 0.636. The Morgan fingerprint density at radius 3 is 2.25 bits per heavy atom. The first-order valence-corrected chi connectivity index (χ1v) is 11.2. The van der Waals surface area contributed by atoms with Crippen molar-refractivity contribution < 1.29 is 4.79 Å². The summed E-state index contributed by atoms with van der Waals surface area (Å²) in [5, 5.41) is 0.888. The van der Waals surface area contributed by atoms with Crippen molar-refractivity contribution in [1.82, 2.24) is 9.88 Å². The molecule has 0 spiro atoms. The van der Waals surface area contributed by atoms with E-state index in [1.54, 1.807) is 11.3 Å². The first-order valence-electron chi connectivity index (χ1n) is 10.3. The van der Waals surface area contributed by atoms with Crippen molar-refractivity contribution in [1.29, 1.82) is 0 Å². The van der Waals surface area contributed by atoms with Crippen LogP contribution >= 0.6 is 23.7 Å². The van der Waals surface area contributed by atoms with Crippen LogP contribution in [0.4, 0.5) is 5.13 Å². The number of hydrogen-bond acceptors (Lipinski definition) is 4. The topological polar surface area (TPSA) is 36.4 Å². The molecule has 28 heavy (non-hydrogen) atoms. The molecule has 0 unspecified atom stereocenters. The van der Waals surface area contributed by atoms with Gasteiger partial charge in [-0.05, 0) is 82.5 Å². The van der Waals surface area contributed by atoms with Crippen molar-refractivity contribution in [3.8, 4) is 0 Å². The minimum Gasteiger partial charge on any atom is -0.308 e. The number of fused-ring (bicyclic) bond motifs is 1. The van der Waals surface area contributed by atoms with Gasteiger partial charge in [-0.25, -0.2) is 4.98 Å². The van der Waals surface area contributed by atoms with Gasteiger partial charge in [-0.15, -0.1) is 12.4 Å². The molecule has 1 heterocycles. The third kappa shape index (κ3) is 3.46. The SMILES string of the molecule is CN(C)CCN(C(=O)C12CC3CC(CC(C3)C1)C2)c1nc2ccccc2s1.Cl. The molecule has 2 aromatic rings. The van der Waals surface area contributed by atoms with Gasteiger partial charge in [-0.1, -0.05) is 23.5 Å². The van der Waals surface area contributed by atoms with Crippen molar-refractivity contribution >= 4 is 45.0 Å². The molecule has 0 atom stereocenters. The number of rotatable bonds is 5. The lowest BCUT2D eigenvalue weighted by molar-refractivity contribution is -0.143. The van der Waals surface area contributed by atoms with Gasteiger partial charge < -0.3 is 4.90 Å². The maximum atomic E-state index is 14.0. The summed E-state index contributed by atoms with van der Waals surface area (Å²) in [5.41, 5.74) is 0.893. The molecule has 4 bridgehead atoms. The van der Waals surface area contributed by atoms with Gasteiger partial charge in [0.1, 0.15) is 0 Å². The van der Waals surface area contributed by atoms with Gasteiger partial charge in [0, 0.05) is 13.1 Å². The molecule has 4 saturated carbocycles. The molecule has 0 radical (unpaired) electrons. The molecule has 4 nitrogen and oxygen atoms in total. The number of amides is 1. The first kappa shape index (κ1) is 20.1. The summed E-state index contributed by atoms with van der Waals surface area (Å²) in [5.74, 6) is 2.71. The van der Waals surface area contributed by atoms with E-state index < -0.39 is 0 Å². The summed E-state index contributed by atoms with van der Waals surface area (Å²) in [6.07, 6.45) is 7.44. The van der Waals surface area contributed by atoms with Crippen LogP contribution in [0.1, 0.15) is 38.5 Å². The molecule has 1 aromatic carbocycles. The van der Waals surface area contributed by atoms with Gasteiger partial charge in [-0.2, -0.15) is 0 Å². The minimum atomic E-state index is -0.112. The van der Waals surface area contributed by atoms with Crippen molar-refractivity contribution in [2.75, 3.05) is 32.1 Å². The number of carbonyl (C=O) groups excluding carboxylic acids is 1. The first-order chi connectivity index (χ1) is 13.0. The molecule has 6 rings (SSSR count). The Labute approximate surface area is 177 Å². The van der Waals surface area contributed by atoms with Gasteiger partial charge in [0.05, 0.1) is 15.6 Å². The van der Waals surface area contributed by atoms with Gasteiger partial charge in [-0.3, -0.25) is 9.69 Å². The molecule has 0 N–H and O–H groups in total. The van der Waals surface area contributed by atoms with E-state index in [9.17, 15) is 4.79 Å². The molecule has 1 amide bonds. The molecule has 4 aliphatic rings. The number of halogens is 1. The monoisotopic (exact) mass is 419 g/mol. The van der Waals surface area contributed by atoms with Crippen molar-refractivity contribution in [2.45, 2.75) is 38.5 Å². The Bertz CT molecular complexity index is 796. The average molecular weight is 420 g/mol. The fourth-order valence-electron chi connectivity index (χ4n) is 6.22. The van der Waals surface area contributed by atoms with E-state index in [1.807, 2.05) is 11.0 Å². The zero-order valence-electron chi connectivity index (χ0n) is 16.8. The second-order valence-corrected chi connectivity index (χ2v) is 10.4. The number of carbonyl (C=O) groups is 1. The Kier molecular flexibility index (Phi) is 5.45. The van der Waals surface area contributed by atoms with Crippen LogP contribution in [0.15, 0.2) is 24.3 Å². The standard InChI is InChI=1S/C22H29N3OS.ClH/c1-24(2)7-8-25(21-23-18-5-3-4-6-19(18)27-21)20(26)22-12-15-9-16(13-22)11-17(10-15)14-22;/h3-6,15-17H,7-14H2,1-2H3;1H. The number of likely N-dealkylation sites (N-methyl/N-ethyl adjacent to an activating group) is 1. The van der Waals surface area contributed by atoms with Crippen molar-refractivity contribution in [3.05, 3.63) is 24.3 Å². The van der Waals surface area contributed by atoms with Crippen LogP contribution in [0.3, 0.4) is 0 Å². The van der Waals surface area contributed by atoms with Gasteiger partial charge in [0.2, 0.25) is 5.91 Å². The largest absolute Gasteiger partial charge is 0.308 e. The molecule has 1 aromatic heterocycles. The third-order valence-corrected chi connectivity index (χ3v) is 8.08. The van der Waals surface area contributed by atoms with E-state index in [1.165, 1.54) is 24.0 Å². The number of nitrogens with zero attached hydrogens (tertiary/aromatic N) is 3. The average Bonchev–Trinajstić information content (AvgIpc) is 3.04. The van der Waals surface area contributed by atoms with Crippen molar-refractivity contribution in [2.24, 2.45) is 23.2 Å². The Hall–Kier alpha value is -1.17. The summed E-state index contributed by atoms with van der Waals surface area (Å²) in [6, 6.07) is 8.23. The highest BCUT2D eigenvalue weighted by molar-refractivity contribution is 7.22. The highest BCUT2D eigenvalue weighted by Crippen LogP contribution is 2.60. The minimum absolute atomic E-state index is 0. The van der Waals surface area contributed by atoms with E-state index in [0.717, 1.165) is 60.8 Å². The Balaban J connectivity index is 0.00000192. The Morgan fingerprint density at radius 1 is 1.07 bits per heavy atom. The summed E-state index contributed by atoms with van der Waals surface area (Å²) >= 11 is 1.66. The Morgan fingerprint density at radius 2 is 1.68 bits per heavy atom. The molecule has 4 fully saturated rings. The van der Waals surface area contributed by atoms with E-state index >= 15 is 0 Å². The maximum Gasteiger partial charge on any atom is 0.235 e. The predicted molar refractivity (Wildman–Crippen MR) is 118 cm³/mol. The van der Waals surface area contributed by atoms with Crippen LogP contribution in [0, 0.1) is 23.2 Å². The number of thiazole rings is 1. The molecular formula is C22H30ClN3OS.